The maximum atomic E-state index is 6.14. The molecule has 1 saturated heterocycles. The number of nitrogens with zero attached hydrogens (tertiary/aromatic N) is 2. The average Bonchev–Trinajstić information content (AvgIpc) is 3.01. The van der Waals surface area contributed by atoms with Crippen LogP contribution in [0.1, 0.15) is 29.8 Å². The number of aromatic nitrogens is 2. The number of nitrogens with one attached hydrogen (secondary N) is 1. The van der Waals surface area contributed by atoms with Gasteiger partial charge in [0.25, 0.3) is 0 Å². The topological polar surface area (TPSA) is 73.1 Å². The Morgan fingerprint density at radius 3 is 2.92 bits per heavy atom. The van der Waals surface area contributed by atoms with Gasteiger partial charge in [0.05, 0.1) is 6.10 Å². The summed E-state index contributed by atoms with van der Waals surface area (Å²) >= 11 is 0. The molecule has 0 aliphatic carbocycles. The lowest BCUT2D eigenvalue weighted by Gasteiger charge is -2.19. The summed E-state index contributed by atoms with van der Waals surface area (Å²) in [6.07, 6.45) is 6.22. The van der Waals surface area contributed by atoms with Crippen molar-refractivity contribution in [2.75, 3.05) is 25.4 Å². The standard InChI is InChI=1S/C20H28N4O/c1-15-10-18(24-20(21)11-15)12-16-13-22-14-19(16)25-9-5-3-7-17-6-2-4-8-23-17/h2,4,6,8,10-11,16,19,22H,3,5,7,9,12-14H2,1H3,(H2,21,24)/t16-,19+/m1/s1. The number of rotatable bonds is 8. The normalized spacial score (nSPS) is 20.0. The van der Waals surface area contributed by atoms with E-state index in [1.54, 1.807) is 0 Å². The van der Waals surface area contributed by atoms with Gasteiger partial charge >= 0.3 is 0 Å². The zero-order chi connectivity index (χ0) is 17.5. The van der Waals surface area contributed by atoms with Gasteiger partial charge < -0.3 is 15.8 Å². The van der Waals surface area contributed by atoms with E-state index in [2.05, 4.69) is 34.3 Å². The van der Waals surface area contributed by atoms with Gasteiger partial charge in [-0.25, -0.2) is 4.98 Å². The Labute approximate surface area is 150 Å². The largest absolute Gasteiger partial charge is 0.384 e. The highest BCUT2D eigenvalue weighted by molar-refractivity contribution is 5.34. The first-order valence-electron chi connectivity index (χ1n) is 9.16. The Kier molecular flexibility index (Phi) is 6.36. The first kappa shape index (κ1) is 17.8. The van der Waals surface area contributed by atoms with Crippen LogP contribution in [0.4, 0.5) is 5.82 Å². The van der Waals surface area contributed by atoms with E-state index < -0.39 is 0 Å². The lowest BCUT2D eigenvalue weighted by Crippen LogP contribution is -2.25. The number of hydrogen-bond donors (Lipinski definition) is 2. The smallest absolute Gasteiger partial charge is 0.123 e. The Morgan fingerprint density at radius 2 is 2.12 bits per heavy atom. The number of nitrogen functional groups attached to an aromatic ring is 1. The summed E-state index contributed by atoms with van der Waals surface area (Å²) in [7, 11) is 0. The van der Waals surface area contributed by atoms with Crippen molar-refractivity contribution in [1.29, 1.82) is 0 Å². The van der Waals surface area contributed by atoms with E-state index in [0.717, 1.165) is 56.8 Å². The van der Waals surface area contributed by atoms with Gasteiger partial charge in [0, 0.05) is 43.2 Å². The first-order valence-corrected chi connectivity index (χ1v) is 9.16. The third kappa shape index (κ3) is 5.51. The maximum Gasteiger partial charge on any atom is 0.123 e. The average molecular weight is 340 g/mol. The molecule has 5 heteroatoms. The molecule has 25 heavy (non-hydrogen) atoms. The molecule has 0 radical (unpaired) electrons. The van der Waals surface area contributed by atoms with Crippen molar-refractivity contribution in [3.8, 4) is 0 Å². The van der Waals surface area contributed by atoms with Crippen LogP contribution < -0.4 is 11.1 Å². The van der Waals surface area contributed by atoms with Crippen LogP contribution in [-0.4, -0.2) is 35.8 Å². The lowest BCUT2D eigenvalue weighted by atomic mass is 9.99. The van der Waals surface area contributed by atoms with E-state index in [9.17, 15) is 0 Å². The minimum atomic E-state index is 0.262. The second-order valence-electron chi connectivity index (χ2n) is 6.87. The van der Waals surface area contributed by atoms with E-state index in [1.165, 1.54) is 5.56 Å². The molecule has 1 aliphatic heterocycles. The number of aryl methyl sites for hydroxylation is 2. The van der Waals surface area contributed by atoms with Gasteiger partial charge in [0.2, 0.25) is 0 Å². The third-order valence-electron chi connectivity index (χ3n) is 4.68. The molecule has 3 N–H and O–H groups in total. The van der Waals surface area contributed by atoms with Crippen molar-refractivity contribution in [1.82, 2.24) is 15.3 Å². The van der Waals surface area contributed by atoms with E-state index in [0.29, 0.717) is 11.7 Å². The molecular weight excluding hydrogens is 312 g/mol. The summed E-state index contributed by atoms with van der Waals surface area (Å²) in [5, 5.41) is 3.44. The fourth-order valence-corrected chi connectivity index (χ4v) is 3.44. The van der Waals surface area contributed by atoms with Gasteiger partial charge in [-0.15, -0.1) is 0 Å². The molecule has 0 bridgehead atoms. The fourth-order valence-electron chi connectivity index (χ4n) is 3.44. The fraction of sp³-hybridized carbons (Fsp3) is 0.500. The van der Waals surface area contributed by atoms with Crippen LogP contribution in [0, 0.1) is 12.8 Å². The molecule has 2 atom stereocenters. The van der Waals surface area contributed by atoms with Gasteiger partial charge in [-0.3, -0.25) is 4.98 Å². The molecule has 1 aliphatic rings. The van der Waals surface area contributed by atoms with Crippen LogP contribution in [-0.2, 0) is 17.6 Å². The number of nitrogens with two attached hydrogens (primary N) is 1. The van der Waals surface area contributed by atoms with Crippen molar-refractivity contribution >= 4 is 5.82 Å². The number of hydrogen-bond acceptors (Lipinski definition) is 5. The third-order valence-corrected chi connectivity index (χ3v) is 4.68. The predicted octanol–water partition coefficient (Wildman–Crippen LogP) is 2.54. The summed E-state index contributed by atoms with van der Waals surface area (Å²) in [4.78, 5) is 8.82. The molecule has 2 aromatic rings. The summed E-state index contributed by atoms with van der Waals surface area (Å²) in [6.45, 7) is 4.77. The van der Waals surface area contributed by atoms with Crippen molar-refractivity contribution < 1.29 is 4.74 Å². The molecule has 0 amide bonds. The molecular formula is C20H28N4O. The quantitative estimate of drug-likeness (QED) is 0.723. The number of unbranched alkanes of at least 4 members (excludes halogenated alkanes) is 1. The SMILES string of the molecule is Cc1cc(N)nc(C[C@@H]2CNC[C@@H]2OCCCCc2ccccn2)c1. The molecule has 2 aromatic heterocycles. The van der Waals surface area contributed by atoms with Crippen molar-refractivity contribution in [2.24, 2.45) is 5.92 Å². The molecule has 0 spiro atoms. The number of pyridine rings is 2. The molecule has 3 rings (SSSR count). The van der Waals surface area contributed by atoms with Crippen LogP contribution >= 0.6 is 0 Å². The predicted molar refractivity (Wildman–Crippen MR) is 100 cm³/mol. The Hall–Kier alpha value is -1.98. The Balaban J connectivity index is 1.41. The van der Waals surface area contributed by atoms with Crippen molar-refractivity contribution in [3.05, 3.63) is 53.5 Å². The van der Waals surface area contributed by atoms with Crippen LogP contribution in [0.3, 0.4) is 0 Å². The summed E-state index contributed by atoms with van der Waals surface area (Å²) in [6, 6.07) is 10.1. The molecule has 0 unspecified atom stereocenters. The Morgan fingerprint density at radius 1 is 1.20 bits per heavy atom. The molecule has 0 saturated carbocycles. The zero-order valence-corrected chi connectivity index (χ0v) is 14.9. The van der Waals surface area contributed by atoms with Gasteiger partial charge in [-0.2, -0.15) is 0 Å². The molecule has 1 fully saturated rings. The monoisotopic (exact) mass is 340 g/mol. The summed E-state index contributed by atoms with van der Waals surface area (Å²) in [5.41, 5.74) is 9.26. The van der Waals surface area contributed by atoms with Gasteiger partial charge in [0.1, 0.15) is 5.82 Å². The second-order valence-corrected chi connectivity index (χ2v) is 6.87. The van der Waals surface area contributed by atoms with Crippen LogP contribution in [0.5, 0.6) is 0 Å². The van der Waals surface area contributed by atoms with Crippen LogP contribution in [0.15, 0.2) is 36.5 Å². The maximum absolute atomic E-state index is 6.14. The van der Waals surface area contributed by atoms with Crippen LogP contribution in [0.25, 0.3) is 0 Å². The van der Waals surface area contributed by atoms with Crippen molar-refractivity contribution in [2.45, 2.75) is 38.7 Å². The van der Waals surface area contributed by atoms with E-state index in [4.69, 9.17) is 10.5 Å². The van der Waals surface area contributed by atoms with Gasteiger partial charge in [0.15, 0.2) is 0 Å². The lowest BCUT2D eigenvalue weighted by molar-refractivity contribution is 0.0356. The van der Waals surface area contributed by atoms with E-state index in [-0.39, 0.29) is 6.10 Å². The van der Waals surface area contributed by atoms with E-state index >= 15 is 0 Å². The molecule has 5 nitrogen and oxygen atoms in total. The highest BCUT2D eigenvalue weighted by Crippen LogP contribution is 2.19. The summed E-state index contributed by atoms with van der Waals surface area (Å²) in [5.74, 6) is 1.07. The van der Waals surface area contributed by atoms with Gasteiger partial charge in [-0.05, 0) is 62.4 Å². The van der Waals surface area contributed by atoms with E-state index in [1.807, 2.05) is 24.4 Å². The van der Waals surface area contributed by atoms with Gasteiger partial charge in [-0.1, -0.05) is 6.07 Å². The molecule has 3 heterocycles. The summed E-state index contributed by atoms with van der Waals surface area (Å²) < 4.78 is 6.14. The zero-order valence-electron chi connectivity index (χ0n) is 14.9. The highest BCUT2D eigenvalue weighted by atomic mass is 16.5. The number of anilines is 1. The highest BCUT2D eigenvalue weighted by Gasteiger charge is 2.28. The minimum Gasteiger partial charge on any atom is -0.384 e. The Bertz CT molecular complexity index is 642. The number of ether oxygens (including phenoxy) is 1. The first-order chi connectivity index (χ1) is 12.2. The second kappa shape index (κ2) is 8.92. The molecule has 134 valence electrons. The van der Waals surface area contributed by atoms with Crippen molar-refractivity contribution in [3.63, 3.8) is 0 Å². The minimum absolute atomic E-state index is 0.262. The van der Waals surface area contributed by atoms with Crippen LogP contribution in [0.2, 0.25) is 0 Å². The molecule has 0 aromatic carbocycles.